The third kappa shape index (κ3) is 2.38. The van der Waals surface area contributed by atoms with Gasteiger partial charge in [-0.15, -0.1) is 23.1 Å². The normalized spacial score (nSPS) is 20.0. The van der Waals surface area contributed by atoms with Crippen LogP contribution in [0.4, 0.5) is 0 Å². The van der Waals surface area contributed by atoms with Gasteiger partial charge in [-0.25, -0.2) is 0 Å². The molecule has 0 amide bonds. The summed E-state index contributed by atoms with van der Waals surface area (Å²) >= 11 is 9.26. The summed E-state index contributed by atoms with van der Waals surface area (Å²) < 4.78 is 6.74. The van der Waals surface area contributed by atoms with Crippen LogP contribution in [0.2, 0.25) is 4.34 Å². The number of para-hydroxylation sites is 1. The quantitative estimate of drug-likeness (QED) is 0.911. The fraction of sp³-hybridized carbons (Fsp3) is 0.231. The van der Waals surface area contributed by atoms with Crippen molar-refractivity contribution in [3.63, 3.8) is 0 Å². The topological polar surface area (TPSA) is 35.2 Å². The van der Waals surface area contributed by atoms with Crippen molar-refractivity contribution < 1.29 is 4.74 Å². The molecule has 0 bridgehead atoms. The van der Waals surface area contributed by atoms with Gasteiger partial charge in [0, 0.05) is 15.5 Å². The second-order valence-electron chi connectivity index (χ2n) is 4.08. The van der Waals surface area contributed by atoms with Gasteiger partial charge in [0.1, 0.15) is 11.9 Å². The Hall–Kier alpha value is -0.680. The van der Waals surface area contributed by atoms with Crippen LogP contribution in [0, 0.1) is 0 Å². The average molecular weight is 298 g/mol. The molecule has 2 nitrogen and oxygen atoms in total. The van der Waals surface area contributed by atoms with E-state index in [-0.39, 0.29) is 12.1 Å². The molecule has 2 aromatic rings. The zero-order valence-electron chi connectivity index (χ0n) is 9.51. The smallest absolute Gasteiger partial charge is 0.133 e. The van der Waals surface area contributed by atoms with Gasteiger partial charge < -0.3 is 10.5 Å². The van der Waals surface area contributed by atoms with Crippen LogP contribution in [0.1, 0.15) is 10.9 Å². The summed E-state index contributed by atoms with van der Waals surface area (Å²) in [7, 11) is 0. The number of hydrogen-bond donors (Lipinski definition) is 1. The van der Waals surface area contributed by atoms with Crippen LogP contribution in [0.25, 0.3) is 0 Å². The molecular weight excluding hydrogens is 286 g/mol. The van der Waals surface area contributed by atoms with Crippen LogP contribution in [0.15, 0.2) is 41.3 Å². The lowest BCUT2D eigenvalue weighted by Crippen LogP contribution is -2.34. The Balaban J connectivity index is 1.79. The Morgan fingerprint density at radius 1 is 1.28 bits per heavy atom. The number of rotatable bonds is 2. The lowest BCUT2D eigenvalue weighted by molar-refractivity contribution is 0.187. The maximum atomic E-state index is 6.25. The molecule has 2 unspecified atom stereocenters. The van der Waals surface area contributed by atoms with Crippen molar-refractivity contribution in [2.45, 2.75) is 17.0 Å². The van der Waals surface area contributed by atoms with E-state index in [0.29, 0.717) is 0 Å². The molecule has 2 N–H and O–H groups in total. The van der Waals surface area contributed by atoms with E-state index in [1.165, 1.54) is 16.2 Å². The number of thioether (sulfide) groups is 1. The van der Waals surface area contributed by atoms with Gasteiger partial charge in [-0.2, -0.15) is 0 Å². The predicted octanol–water partition coefficient (Wildman–Crippen LogP) is 3.95. The monoisotopic (exact) mass is 297 g/mol. The van der Waals surface area contributed by atoms with Gasteiger partial charge in [0.25, 0.3) is 0 Å². The summed E-state index contributed by atoms with van der Waals surface area (Å²) in [5.41, 5.74) is 6.25. The first-order valence-electron chi connectivity index (χ1n) is 5.63. The number of nitrogens with two attached hydrogens (primary N) is 1. The van der Waals surface area contributed by atoms with Crippen LogP contribution in [0.5, 0.6) is 5.75 Å². The maximum Gasteiger partial charge on any atom is 0.133 e. The highest BCUT2D eigenvalue weighted by atomic mass is 35.5. The average Bonchev–Trinajstić information content (AvgIpc) is 2.84. The van der Waals surface area contributed by atoms with E-state index in [4.69, 9.17) is 22.1 Å². The van der Waals surface area contributed by atoms with Gasteiger partial charge in [0.05, 0.1) is 10.4 Å². The van der Waals surface area contributed by atoms with E-state index in [9.17, 15) is 0 Å². The van der Waals surface area contributed by atoms with Gasteiger partial charge in [0.2, 0.25) is 0 Å². The zero-order chi connectivity index (χ0) is 12.5. The van der Waals surface area contributed by atoms with Crippen LogP contribution in [-0.4, -0.2) is 11.9 Å². The molecular formula is C13H12ClNOS2. The summed E-state index contributed by atoms with van der Waals surface area (Å²) in [4.78, 5) is 2.26. The first-order valence-corrected chi connectivity index (χ1v) is 7.81. The Labute approximate surface area is 119 Å². The van der Waals surface area contributed by atoms with Gasteiger partial charge in [-0.05, 0) is 24.3 Å². The van der Waals surface area contributed by atoms with Crippen LogP contribution in [0.3, 0.4) is 0 Å². The first kappa shape index (κ1) is 12.4. The minimum absolute atomic E-state index is 0.000355. The fourth-order valence-electron chi connectivity index (χ4n) is 1.90. The molecule has 0 spiro atoms. The molecule has 0 saturated heterocycles. The van der Waals surface area contributed by atoms with Crippen molar-refractivity contribution in [1.29, 1.82) is 0 Å². The summed E-state index contributed by atoms with van der Waals surface area (Å²) in [6, 6.07) is 11.8. The maximum absolute atomic E-state index is 6.25. The van der Waals surface area contributed by atoms with Gasteiger partial charge in [-0.3, -0.25) is 0 Å². The Morgan fingerprint density at radius 2 is 2.11 bits per heavy atom. The van der Waals surface area contributed by atoms with E-state index in [2.05, 4.69) is 6.07 Å². The van der Waals surface area contributed by atoms with Crippen LogP contribution < -0.4 is 10.5 Å². The highest BCUT2D eigenvalue weighted by Gasteiger charge is 2.27. The largest absolute Gasteiger partial charge is 0.486 e. The Kier molecular flexibility index (Phi) is 3.52. The van der Waals surface area contributed by atoms with Crippen molar-refractivity contribution in [2.24, 2.45) is 5.73 Å². The van der Waals surface area contributed by atoms with Crippen molar-refractivity contribution in [3.05, 3.63) is 45.6 Å². The molecule has 5 heteroatoms. The number of ether oxygens (including phenoxy) is 1. The van der Waals surface area contributed by atoms with E-state index in [0.717, 1.165) is 20.7 Å². The van der Waals surface area contributed by atoms with E-state index < -0.39 is 0 Å². The summed E-state index contributed by atoms with van der Waals surface area (Å²) in [6.45, 7) is 0. The second-order valence-corrected chi connectivity index (χ2v) is 6.89. The number of halogens is 1. The summed E-state index contributed by atoms with van der Waals surface area (Å²) in [5.74, 6) is 1.80. The van der Waals surface area contributed by atoms with Gasteiger partial charge in [-0.1, -0.05) is 23.7 Å². The lowest BCUT2D eigenvalue weighted by atomic mass is 10.1. The van der Waals surface area contributed by atoms with Gasteiger partial charge >= 0.3 is 0 Å². The number of thiophene rings is 1. The first-order chi connectivity index (χ1) is 8.74. The molecule has 1 aromatic carbocycles. The predicted molar refractivity (Wildman–Crippen MR) is 77.8 cm³/mol. The van der Waals surface area contributed by atoms with E-state index in [1.54, 1.807) is 11.8 Å². The fourth-order valence-corrected chi connectivity index (χ4v) is 4.07. The Morgan fingerprint density at radius 3 is 2.89 bits per heavy atom. The molecule has 3 rings (SSSR count). The van der Waals surface area contributed by atoms with E-state index >= 15 is 0 Å². The molecule has 0 aliphatic carbocycles. The van der Waals surface area contributed by atoms with Crippen LogP contribution >= 0.6 is 34.7 Å². The molecule has 1 aromatic heterocycles. The highest BCUT2D eigenvalue weighted by molar-refractivity contribution is 7.99. The molecule has 2 heterocycles. The van der Waals surface area contributed by atoms with E-state index in [1.807, 2.05) is 30.3 Å². The highest BCUT2D eigenvalue weighted by Crippen LogP contribution is 2.39. The summed E-state index contributed by atoms with van der Waals surface area (Å²) in [6.07, 6.45) is -0.000355. The SMILES string of the molecule is NC(c1ccc(Cl)s1)C1CSc2ccccc2O1. The lowest BCUT2D eigenvalue weighted by Gasteiger charge is -2.29. The molecule has 0 fully saturated rings. The van der Waals surface area contributed by atoms with Crippen molar-refractivity contribution in [2.75, 3.05) is 5.75 Å². The van der Waals surface area contributed by atoms with Crippen molar-refractivity contribution >= 4 is 34.7 Å². The minimum atomic E-state index is -0.122. The zero-order valence-corrected chi connectivity index (χ0v) is 11.9. The minimum Gasteiger partial charge on any atom is -0.486 e. The van der Waals surface area contributed by atoms with Crippen molar-refractivity contribution in [1.82, 2.24) is 0 Å². The Bertz CT molecular complexity index is 557. The molecule has 18 heavy (non-hydrogen) atoms. The molecule has 2 atom stereocenters. The van der Waals surface area contributed by atoms with Gasteiger partial charge in [0.15, 0.2) is 0 Å². The molecule has 0 radical (unpaired) electrons. The molecule has 1 aliphatic rings. The van der Waals surface area contributed by atoms with Crippen LogP contribution in [-0.2, 0) is 0 Å². The van der Waals surface area contributed by atoms with Crippen molar-refractivity contribution in [3.8, 4) is 5.75 Å². The molecule has 1 aliphatic heterocycles. The number of hydrogen-bond acceptors (Lipinski definition) is 4. The molecule has 0 saturated carbocycles. The molecule has 94 valence electrons. The number of fused-ring (bicyclic) bond motifs is 1. The second kappa shape index (κ2) is 5.13. The summed E-state index contributed by atoms with van der Waals surface area (Å²) in [5, 5.41) is 0. The third-order valence-electron chi connectivity index (χ3n) is 2.85. The standard InChI is InChI=1S/C13H12ClNOS2/c14-12-6-5-11(18-12)13(15)9-7-17-10-4-2-1-3-8(10)16-9/h1-6,9,13H,7,15H2. The third-order valence-corrected chi connectivity index (χ3v) is 5.33. The number of benzene rings is 1.